The summed E-state index contributed by atoms with van der Waals surface area (Å²) in [4.78, 5) is 4.23. The van der Waals surface area contributed by atoms with Crippen LogP contribution < -0.4 is 5.32 Å². The van der Waals surface area contributed by atoms with Crippen LogP contribution in [0.25, 0.3) is 11.6 Å². The molecule has 2 heterocycles. The van der Waals surface area contributed by atoms with E-state index in [1.165, 1.54) is 0 Å². The Hall–Kier alpha value is -1.34. The van der Waals surface area contributed by atoms with Crippen molar-refractivity contribution in [2.75, 3.05) is 7.05 Å². The lowest BCUT2D eigenvalue weighted by atomic mass is 10.2. The van der Waals surface area contributed by atoms with Crippen molar-refractivity contribution in [2.24, 2.45) is 0 Å². The van der Waals surface area contributed by atoms with Gasteiger partial charge in [0.15, 0.2) is 11.5 Å². The van der Waals surface area contributed by atoms with Crippen molar-refractivity contribution in [1.82, 2.24) is 24.2 Å². The minimum Gasteiger partial charge on any atom is -0.332 e. The molecular formula is C8H11N5OS. The Morgan fingerprint density at radius 3 is 3.13 bits per heavy atom. The molecule has 15 heavy (non-hydrogen) atoms. The van der Waals surface area contributed by atoms with E-state index in [0.717, 1.165) is 18.1 Å². The third-order valence-corrected chi connectivity index (χ3v) is 2.51. The summed E-state index contributed by atoms with van der Waals surface area (Å²) >= 11 is 1.12. The Morgan fingerprint density at radius 2 is 2.47 bits per heavy atom. The monoisotopic (exact) mass is 225 g/mol. The van der Waals surface area contributed by atoms with Crippen LogP contribution in [0.1, 0.15) is 12.7 Å². The zero-order valence-corrected chi connectivity index (χ0v) is 9.28. The third kappa shape index (κ3) is 2.37. The molecule has 1 atom stereocenters. The quantitative estimate of drug-likeness (QED) is 0.827. The normalized spacial score (nSPS) is 12.9. The summed E-state index contributed by atoms with van der Waals surface area (Å²) < 4.78 is 13.0. The lowest BCUT2D eigenvalue weighted by molar-refractivity contribution is 0.417. The number of aromatic nitrogens is 4. The summed E-state index contributed by atoms with van der Waals surface area (Å²) in [6.07, 6.45) is 2.35. The first-order valence-corrected chi connectivity index (χ1v) is 5.30. The Morgan fingerprint density at radius 1 is 1.60 bits per heavy atom. The van der Waals surface area contributed by atoms with E-state index in [2.05, 4.69) is 31.1 Å². The Labute approximate surface area is 91.0 Å². The number of nitrogens with one attached hydrogen (secondary N) is 1. The van der Waals surface area contributed by atoms with Gasteiger partial charge in [0.25, 0.3) is 5.89 Å². The molecule has 0 bridgehead atoms. The van der Waals surface area contributed by atoms with Gasteiger partial charge in [-0.15, -0.1) is 0 Å². The van der Waals surface area contributed by atoms with Gasteiger partial charge in [-0.1, -0.05) is 5.16 Å². The molecule has 0 radical (unpaired) electrons. The van der Waals surface area contributed by atoms with Gasteiger partial charge in [0, 0.05) is 12.5 Å². The molecule has 6 nitrogen and oxygen atoms in total. The minimum atomic E-state index is 0.323. The van der Waals surface area contributed by atoms with Gasteiger partial charge >= 0.3 is 0 Å². The van der Waals surface area contributed by atoms with Crippen LogP contribution in [0.5, 0.6) is 0 Å². The molecule has 0 saturated carbocycles. The lowest BCUT2D eigenvalue weighted by Gasteiger charge is -2.04. The smallest absolute Gasteiger partial charge is 0.279 e. The van der Waals surface area contributed by atoms with Crippen LogP contribution in [-0.2, 0) is 6.42 Å². The molecule has 0 saturated heterocycles. The largest absolute Gasteiger partial charge is 0.332 e. The summed E-state index contributed by atoms with van der Waals surface area (Å²) in [5, 5.41) is 6.98. The minimum absolute atomic E-state index is 0.323. The standard InChI is InChI=1S/C8H11N5OS/c1-5(9-2)3-7-11-8(14-12-7)6-4-10-15-13-6/h4-5,9H,3H2,1-2H3. The average molecular weight is 225 g/mol. The molecular weight excluding hydrogens is 214 g/mol. The van der Waals surface area contributed by atoms with Gasteiger partial charge < -0.3 is 9.84 Å². The third-order valence-electron chi connectivity index (χ3n) is 2.03. The highest BCUT2D eigenvalue weighted by Gasteiger charge is 2.12. The summed E-state index contributed by atoms with van der Waals surface area (Å²) in [6, 6.07) is 0.323. The first-order valence-electron chi connectivity index (χ1n) is 4.57. The average Bonchev–Trinajstić information content (AvgIpc) is 2.85. The van der Waals surface area contributed by atoms with E-state index in [0.29, 0.717) is 23.5 Å². The van der Waals surface area contributed by atoms with Gasteiger partial charge in [-0.2, -0.15) is 13.7 Å². The molecule has 0 aliphatic rings. The molecule has 0 amide bonds. The highest BCUT2D eigenvalue weighted by Crippen LogP contribution is 2.14. The van der Waals surface area contributed by atoms with Crippen LogP contribution in [0, 0.1) is 0 Å². The van der Waals surface area contributed by atoms with Gasteiger partial charge in [-0.3, -0.25) is 0 Å². The van der Waals surface area contributed by atoms with E-state index >= 15 is 0 Å². The lowest BCUT2D eigenvalue weighted by Crippen LogP contribution is -2.24. The van der Waals surface area contributed by atoms with Crippen molar-refractivity contribution in [3.8, 4) is 11.6 Å². The predicted octanol–water partition coefficient (Wildman–Crippen LogP) is 0.738. The molecule has 7 heteroatoms. The van der Waals surface area contributed by atoms with E-state index in [9.17, 15) is 0 Å². The number of hydrogen-bond acceptors (Lipinski definition) is 7. The zero-order valence-electron chi connectivity index (χ0n) is 8.47. The first-order chi connectivity index (χ1) is 7.29. The van der Waals surface area contributed by atoms with Crippen molar-refractivity contribution in [3.63, 3.8) is 0 Å². The fourth-order valence-electron chi connectivity index (χ4n) is 1.08. The Balaban J connectivity index is 2.11. The fourth-order valence-corrected chi connectivity index (χ4v) is 1.48. The first kappa shape index (κ1) is 10.2. The van der Waals surface area contributed by atoms with Crippen LogP contribution in [0.4, 0.5) is 0 Å². The number of likely N-dealkylation sites (N-methyl/N-ethyl adjacent to an activating group) is 1. The van der Waals surface area contributed by atoms with E-state index < -0.39 is 0 Å². The van der Waals surface area contributed by atoms with Gasteiger partial charge in [-0.25, -0.2) is 0 Å². The second-order valence-electron chi connectivity index (χ2n) is 3.20. The van der Waals surface area contributed by atoms with Gasteiger partial charge in [0.1, 0.15) is 0 Å². The molecule has 2 rings (SSSR count). The Bertz CT molecular complexity index is 412. The molecule has 0 spiro atoms. The molecule has 0 aromatic carbocycles. The number of hydrogen-bond donors (Lipinski definition) is 1. The number of nitrogens with zero attached hydrogens (tertiary/aromatic N) is 4. The maximum Gasteiger partial charge on any atom is 0.279 e. The fraction of sp³-hybridized carbons (Fsp3) is 0.500. The molecule has 0 aliphatic carbocycles. The summed E-state index contributed by atoms with van der Waals surface area (Å²) in [7, 11) is 1.90. The van der Waals surface area contributed by atoms with Crippen LogP contribution in [0.15, 0.2) is 10.7 Å². The maximum atomic E-state index is 5.07. The maximum absolute atomic E-state index is 5.07. The summed E-state index contributed by atoms with van der Waals surface area (Å²) in [5.41, 5.74) is 0.635. The second kappa shape index (κ2) is 4.45. The summed E-state index contributed by atoms with van der Waals surface area (Å²) in [6.45, 7) is 2.06. The number of rotatable bonds is 4. The van der Waals surface area contributed by atoms with Gasteiger partial charge in [-0.05, 0) is 14.0 Å². The molecule has 2 aromatic heterocycles. The molecule has 80 valence electrons. The zero-order chi connectivity index (χ0) is 10.7. The topological polar surface area (TPSA) is 76.7 Å². The van der Waals surface area contributed by atoms with Crippen molar-refractivity contribution >= 4 is 11.7 Å². The highest BCUT2D eigenvalue weighted by atomic mass is 32.1. The van der Waals surface area contributed by atoms with E-state index in [1.54, 1.807) is 6.20 Å². The van der Waals surface area contributed by atoms with Crippen LogP contribution in [-0.4, -0.2) is 32.0 Å². The van der Waals surface area contributed by atoms with Crippen LogP contribution in [0.2, 0.25) is 0 Å². The van der Waals surface area contributed by atoms with Gasteiger partial charge in [0.2, 0.25) is 0 Å². The van der Waals surface area contributed by atoms with E-state index in [1.807, 2.05) is 7.05 Å². The van der Waals surface area contributed by atoms with Gasteiger partial charge in [0.05, 0.1) is 17.9 Å². The van der Waals surface area contributed by atoms with Crippen molar-refractivity contribution in [1.29, 1.82) is 0 Å². The molecule has 0 fully saturated rings. The second-order valence-corrected chi connectivity index (χ2v) is 3.76. The molecule has 1 unspecified atom stereocenters. The summed E-state index contributed by atoms with van der Waals surface area (Å²) in [5.74, 6) is 1.11. The SMILES string of the molecule is CNC(C)Cc1noc(-c2cnsn2)n1. The predicted molar refractivity (Wildman–Crippen MR) is 55.4 cm³/mol. The molecule has 1 N–H and O–H groups in total. The van der Waals surface area contributed by atoms with Crippen molar-refractivity contribution < 1.29 is 4.52 Å². The van der Waals surface area contributed by atoms with Crippen LogP contribution >= 0.6 is 11.7 Å². The van der Waals surface area contributed by atoms with Crippen molar-refractivity contribution in [3.05, 3.63) is 12.0 Å². The highest BCUT2D eigenvalue weighted by molar-refractivity contribution is 6.99. The van der Waals surface area contributed by atoms with E-state index in [-0.39, 0.29) is 0 Å². The molecule has 0 aliphatic heterocycles. The van der Waals surface area contributed by atoms with Crippen molar-refractivity contribution in [2.45, 2.75) is 19.4 Å². The van der Waals surface area contributed by atoms with Crippen LogP contribution in [0.3, 0.4) is 0 Å². The van der Waals surface area contributed by atoms with E-state index in [4.69, 9.17) is 4.52 Å². The molecule has 2 aromatic rings. The Kier molecular flexibility index (Phi) is 3.02.